The highest BCUT2D eigenvalue weighted by atomic mass is 32.2. The highest BCUT2D eigenvalue weighted by molar-refractivity contribution is 7.99. The molecular formula is C19H18F2N2O3S2. The molecular weight excluding hydrogens is 406 g/mol. The van der Waals surface area contributed by atoms with Crippen LogP contribution in [-0.4, -0.2) is 30.2 Å². The molecule has 5 nitrogen and oxygen atoms in total. The quantitative estimate of drug-likeness (QED) is 0.433. The van der Waals surface area contributed by atoms with Gasteiger partial charge in [-0.25, -0.2) is 0 Å². The van der Waals surface area contributed by atoms with E-state index in [0.717, 1.165) is 16.9 Å². The van der Waals surface area contributed by atoms with Gasteiger partial charge in [0.05, 0.1) is 25.5 Å². The van der Waals surface area contributed by atoms with Crippen LogP contribution in [0.5, 0.6) is 11.5 Å². The molecule has 9 heteroatoms. The van der Waals surface area contributed by atoms with E-state index in [1.165, 1.54) is 18.9 Å². The normalized spacial score (nSPS) is 11.0. The number of methoxy groups -OCH3 is 2. The number of nitrogens with zero attached hydrogens (tertiary/aromatic N) is 2. The molecule has 0 bridgehead atoms. The molecule has 0 atom stereocenters. The van der Waals surface area contributed by atoms with Gasteiger partial charge in [-0.3, -0.25) is 0 Å². The molecule has 0 amide bonds. The fraction of sp³-hybridized carbons (Fsp3) is 0.263. The Hall–Kier alpha value is -2.26. The number of ether oxygens (including phenoxy) is 2. The van der Waals surface area contributed by atoms with E-state index in [4.69, 9.17) is 13.9 Å². The Morgan fingerprint density at radius 3 is 2.43 bits per heavy atom. The molecule has 1 heterocycles. The first kappa shape index (κ1) is 20.5. The molecule has 0 N–H and O–H groups in total. The summed E-state index contributed by atoms with van der Waals surface area (Å²) in [5.41, 5.74) is 1.95. The SMILES string of the molecule is COc1ccc(Cc2nnc(SCc3ccc(SC(F)F)c(OC)c3)o2)cc1. The summed E-state index contributed by atoms with van der Waals surface area (Å²) in [5.74, 6) is -0.196. The molecule has 148 valence electrons. The first-order valence-corrected chi connectivity index (χ1v) is 10.1. The minimum absolute atomic E-state index is 0.408. The summed E-state index contributed by atoms with van der Waals surface area (Å²) < 4.78 is 41.2. The van der Waals surface area contributed by atoms with Gasteiger partial charge in [-0.1, -0.05) is 41.7 Å². The molecule has 0 aliphatic heterocycles. The van der Waals surface area contributed by atoms with Crippen LogP contribution in [-0.2, 0) is 12.2 Å². The Morgan fingerprint density at radius 2 is 1.75 bits per heavy atom. The van der Waals surface area contributed by atoms with Crippen molar-refractivity contribution in [1.82, 2.24) is 10.2 Å². The number of halogens is 2. The van der Waals surface area contributed by atoms with E-state index >= 15 is 0 Å². The van der Waals surface area contributed by atoms with Crippen molar-refractivity contribution in [3.63, 3.8) is 0 Å². The van der Waals surface area contributed by atoms with Crippen molar-refractivity contribution >= 4 is 23.5 Å². The average Bonchev–Trinajstić information content (AvgIpc) is 3.14. The van der Waals surface area contributed by atoms with Crippen LogP contribution in [0.2, 0.25) is 0 Å². The summed E-state index contributed by atoms with van der Waals surface area (Å²) in [6.07, 6.45) is 0.533. The Kier molecular flexibility index (Phi) is 7.16. The second-order valence-corrected chi connectivity index (χ2v) is 7.60. The summed E-state index contributed by atoms with van der Waals surface area (Å²) >= 11 is 1.84. The number of hydrogen-bond acceptors (Lipinski definition) is 7. The van der Waals surface area contributed by atoms with E-state index in [1.54, 1.807) is 25.3 Å². The zero-order valence-electron chi connectivity index (χ0n) is 15.2. The topological polar surface area (TPSA) is 57.4 Å². The number of rotatable bonds is 9. The van der Waals surface area contributed by atoms with Gasteiger partial charge in [-0.15, -0.1) is 10.2 Å². The number of aromatic nitrogens is 2. The van der Waals surface area contributed by atoms with Crippen LogP contribution in [0.25, 0.3) is 0 Å². The van der Waals surface area contributed by atoms with Gasteiger partial charge in [0, 0.05) is 5.75 Å². The lowest BCUT2D eigenvalue weighted by atomic mass is 10.1. The van der Waals surface area contributed by atoms with Gasteiger partial charge in [-0.2, -0.15) is 8.78 Å². The van der Waals surface area contributed by atoms with Crippen molar-refractivity contribution in [1.29, 1.82) is 0 Å². The van der Waals surface area contributed by atoms with E-state index in [-0.39, 0.29) is 0 Å². The first-order valence-electron chi connectivity index (χ1n) is 8.27. The standard InChI is InChI=1S/C19H18F2N2O3S2/c1-24-14-6-3-12(4-7-14)10-17-22-23-19(26-17)27-11-13-5-8-16(28-18(20)21)15(9-13)25-2/h3-9,18H,10-11H2,1-2H3. The van der Waals surface area contributed by atoms with Crippen LogP contribution in [0.15, 0.2) is 57.0 Å². The van der Waals surface area contributed by atoms with Crippen molar-refractivity contribution in [2.45, 2.75) is 28.0 Å². The smallest absolute Gasteiger partial charge is 0.289 e. The van der Waals surface area contributed by atoms with E-state index in [9.17, 15) is 8.78 Å². The number of benzene rings is 2. The van der Waals surface area contributed by atoms with Crippen LogP contribution < -0.4 is 9.47 Å². The molecule has 0 aliphatic carbocycles. The maximum atomic E-state index is 12.6. The summed E-state index contributed by atoms with van der Waals surface area (Å²) in [6, 6.07) is 12.8. The van der Waals surface area contributed by atoms with E-state index < -0.39 is 5.76 Å². The fourth-order valence-corrected chi connectivity index (χ4v) is 3.75. The number of thioether (sulfide) groups is 2. The summed E-state index contributed by atoms with van der Waals surface area (Å²) in [6.45, 7) is 0. The third-order valence-electron chi connectivity index (χ3n) is 3.77. The van der Waals surface area contributed by atoms with Crippen molar-refractivity contribution in [2.75, 3.05) is 14.2 Å². The molecule has 28 heavy (non-hydrogen) atoms. The Balaban J connectivity index is 1.59. The van der Waals surface area contributed by atoms with Gasteiger partial charge in [0.1, 0.15) is 11.5 Å². The van der Waals surface area contributed by atoms with Crippen LogP contribution in [0.1, 0.15) is 17.0 Å². The zero-order valence-corrected chi connectivity index (χ0v) is 16.9. The summed E-state index contributed by atoms with van der Waals surface area (Å²) in [5, 5.41) is 8.57. The van der Waals surface area contributed by atoms with Gasteiger partial charge in [0.2, 0.25) is 5.89 Å². The van der Waals surface area contributed by atoms with Crippen LogP contribution >= 0.6 is 23.5 Å². The van der Waals surface area contributed by atoms with Crippen LogP contribution in [0.3, 0.4) is 0 Å². The molecule has 0 saturated carbocycles. The predicted molar refractivity (Wildman–Crippen MR) is 105 cm³/mol. The van der Waals surface area contributed by atoms with Gasteiger partial charge in [-0.05, 0) is 35.4 Å². The van der Waals surface area contributed by atoms with Crippen molar-refractivity contribution < 1.29 is 22.7 Å². The number of hydrogen-bond donors (Lipinski definition) is 0. The van der Waals surface area contributed by atoms with E-state index in [2.05, 4.69) is 10.2 Å². The monoisotopic (exact) mass is 424 g/mol. The van der Waals surface area contributed by atoms with Crippen molar-refractivity contribution in [2.24, 2.45) is 0 Å². The van der Waals surface area contributed by atoms with Gasteiger partial charge in [0.15, 0.2) is 0 Å². The summed E-state index contributed by atoms with van der Waals surface area (Å²) in [4.78, 5) is 0.408. The molecule has 2 aromatic carbocycles. The maximum Gasteiger partial charge on any atom is 0.289 e. The second kappa shape index (κ2) is 9.79. The molecule has 0 radical (unpaired) electrons. The lowest BCUT2D eigenvalue weighted by Crippen LogP contribution is -1.91. The maximum absolute atomic E-state index is 12.6. The molecule has 0 unspecified atom stereocenters. The molecule has 0 saturated heterocycles. The Bertz CT molecular complexity index is 904. The largest absolute Gasteiger partial charge is 0.497 e. The van der Waals surface area contributed by atoms with Gasteiger partial charge >= 0.3 is 0 Å². The van der Waals surface area contributed by atoms with Gasteiger partial charge in [0.25, 0.3) is 11.0 Å². The molecule has 0 spiro atoms. The Morgan fingerprint density at radius 1 is 1.00 bits per heavy atom. The third-order valence-corrected chi connectivity index (χ3v) is 5.43. The highest BCUT2D eigenvalue weighted by Gasteiger charge is 2.13. The van der Waals surface area contributed by atoms with Crippen LogP contribution in [0.4, 0.5) is 8.78 Å². The highest BCUT2D eigenvalue weighted by Crippen LogP contribution is 2.35. The van der Waals surface area contributed by atoms with Crippen molar-refractivity contribution in [3.05, 3.63) is 59.5 Å². The fourth-order valence-electron chi connectivity index (χ4n) is 2.43. The lowest BCUT2D eigenvalue weighted by Gasteiger charge is -2.09. The lowest BCUT2D eigenvalue weighted by molar-refractivity contribution is 0.251. The summed E-state index contributed by atoms with van der Waals surface area (Å²) in [7, 11) is 3.09. The average molecular weight is 424 g/mol. The zero-order chi connectivity index (χ0) is 19.9. The minimum Gasteiger partial charge on any atom is -0.497 e. The first-order chi connectivity index (χ1) is 13.6. The predicted octanol–water partition coefficient (Wildman–Crippen LogP) is 5.28. The molecule has 3 aromatic rings. The van der Waals surface area contributed by atoms with Gasteiger partial charge < -0.3 is 13.9 Å². The van der Waals surface area contributed by atoms with Crippen molar-refractivity contribution in [3.8, 4) is 11.5 Å². The van der Waals surface area contributed by atoms with E-state index in [1.807, 2.05) is 24.3 Å². The molecule has 0 fully saturated rings. The minimum atomic E-state index is -2.49. The third kappa shape index (κ3) is 5.62. The molecule has 0 aliphatic rings. The molecule has 3 rings (SSSR count). The Labute approximate surface area is 169 Å². The van der Waals surface area contributed by atoms with E-state index in [0.29, 0.717) is 45.7 Å². The number of alkyl halides is 2. The van der Waals surface area contributed by atoms with Crippen LogP contribution in [0, 0.1) is 0 Å². The molecule has 1 aromatic heterocycles. The second-order valence-electron chi connectivity index (χ2n) is 5.64.